The lowest BCUT2D eigenvalue weighted by Gasteiger charge is -2.46. The Labute approximate surface area is 124 Å². The van der Waals surface area contributed by atoms with Gasteiger partial charge in [-0.2, -0.15) is 0 Å². The molecule has 1 aliphatic heterocycles. The predicted octanol–water partition coefficient (Wildman–Crippen LogP) is 3.17. The number of nitrogens with zero attached hydrogens (tertiary/aromatic N) is 1. The van der Waals surface area contributed by atoms with Crippen LogP contribution in [0.3, 0.4) is 0 Å². The van der Waals surface area contributed by atoms with Gasteiger partial charge in [0.2, 0.25) is 11.8 Å². The third kappa shape index (κ3) is 1.80. The maximum absolute atomic E-state index is 12.7. The molecule has 3 nitrogen and oxygen atoms in total. The highest BCUT2D eigenvalue weighted by Gasteiger charge is 2.63. The van der Waals surface area contributed by atoms with Crippen LogP contribution in [0.5, 0.6) is 0 Å². The fraction of sp³-hybridized carbons (Fsp3) is 0.444. The van der Waals surface area contributed by atoms with E-state index in [-0.39, 0.29) is 23.7 Å². The summed E-state index contributed by atoms with van der Waals surface area (Å²) in [6, 6.07) is 9.36. The number of hydrogen-bond donors (Lipinski definition) is 0. The molecule has 0 radical (unpaired) electrons. The van der Waals surface area contributed by atoms with Crippen LogP contribution in [0.25, 0.3) is 0 Å². The molecule has 1 heterocycles. The zero-order chi connectivity index (χ0) is 14.4. The number of hydrogen-bond acceptors (Lipinski definition) is 2. The summed E-state index contributed by atoms with van der Waals surface area (Å²) in [7, 11) is 0. The van der Waals surface area contributed by atoms with E-state index in [1.807, 2.05) is 30.3 Å². The first-order valence-corrected chi connectivity index (χ1v) is 7.87. The smallest absolute Gasteiger partial charge is 0.237 e. The van der Waals surface area contributed by atoms with Gasteiger partial charge >= 0.3 is 0 Å². The van der Waals surface area contributed by atoms with Crippen molar-refractivity contribution in [2.45, 2.75) is 25.7 Å². The molecule has 1 aromatic rings. The van der Waals surface area contributed by atoms with Crippen LogP contribution in [0.4, 0.5) is 5.69 Å². The lowest BCUT2D eigenvalue weighted by Crippen LogP contribution is -2.48. The highest BCUT2D eigenvalue weighted by molar-refractivity contribution is 6.23. The Bertz CT molecular complexity index is 573. The second-order valence-electron chi connectivity index (χ2n) is 6.35. The van der Waals surface area contributed by atoms with E-state index in [1.165, 1.54) is 4.90 Å². The first kappa shape index (κ1) is 12.8. The molecule has 3 aliphatic rings. The molecule has 108 valence electrons. The van der Waals surface area contributed by atoms with Gasteiger partial charge in [-0.05, 0) is 49.7 Å². The molecule has 0 spiro atoms. The molecule has 1 saturated heterocycles. The van der Waals surface area contributed by atoms with Crippen molar-refractivity contribution in [1.29, 1.82) is 0 Å². The minimum absolute atomic E-state index is 0.0296. The average Bonchev–Trinajstić information content (AvgIpc) is 2.68. The molecule has 1 saturated carbocycles. The number of fused-ring (bicyclic) bond motifs is 4. The maximum atomic E-state index is 12.7. The van der Waals surface area contributed by atoms with Crippen molar-refractivity contribution < 1.29 is 9.59 Å². The van der Waals surface area contributed by atoms with Gasteiger partial charge in [0.25, 0.3) is 0 Å². The number of rotatable bonds is 1. The Balaban J connectivity index is 1.65. The molecule has 0 bridgehead atoms. The van der Waals surface area contributed by atoms with Gasteiger partial charge in [-0.25, -0.2) is 0 Å². The van der Waals surface area contributed by atoms with Crippen LogP contribution in [0.1, 0.15) is 25.7 Å². The van der Waals surface area contributed by atoms with Crippen LogP contribution in [0.2, 0.25) is 0 Å². The number of amides is 2. The largest absolute Gasteiger partial charge is 0.274 e. The summed E-state index contributed by atoms with van der Waals surface area (Å²) in [5.41, 5.74) is 0.729. The molecule has 3 heteroatoms. The van der Waals surface area contributed by atoms with E-state index in [1.54, 1.807) is 0 Å². The molecular formula is C18H19NO2. The second-order valence-corrected chi connectivity index (χ2v) is 6.35. The Morgan fingerprint density at radius 1 is 0.810 bits per heavy atom. The fourth-order valence-corrected chi connectivity index (χ4v) is 4.43. The molecule has 1 aromatic carbocycles. The standard InChI is InChI=1S/C18H19NO2/c20-17-15-13-10-6-1-2-7-11-14(13)16(15)18(21)19(17)12-8-4-3-5-9-12/h1-5,8-9,13-16H,6-7,10-11H2/b2-1-/t13-,14?,15-,16+/m0/s1. The number of imide groups is 1. The second kappa shape index (κ2) is 4.83. The summed E-state index contributed by atoms with van der Waals surface area (Å²) in [4.78, 5) is 26.9. The quantitative estimate of drug-likeness (QED) is 0.585. The number of carbonyl (C=O) groups is 2. The lowest BCUT2D eigenvalue weighted by molar-refractivity contribution is -0.137. The zero-order valence-electron chi connectivity index (χ0n) is 11.9. The Morgan fingerprint density at radius 3 is 1.86 bits per heavy atom. The SMILES string of the molecule is O=C1[C@@H]2[C@H](C(=O)N1c1ccccc1)C1CC/C=C\CC[C@@H]12. The minimum atomic E-state index is -0.0609. The summed E-state index contributed by atoms with van der Waals surface area (Å²) in [6.45, 7) is 0. The monoisotopic (exact) mass is 281 g/mol. The zero-order valence-corrected chi connectivity index (χ0v) is 11.9. The van der Waals surface area contributed by atoms with Gasteiger partial charge in [-0.1, -0.05) is 30.4 Å². The predicted molar refractivity (Wildman–Crippen MR) is 80.5 cm³/mol. The summed E-state index contributed by atoms with van der Waals surface area (Å²) in [5, 5.41) is 0. The number of anilines is 1. The van der Waals surface area contributed by atoms with Crippen LogP contribution in [0.15, 0.2) is 42.5 Å². The average molecular weight is 281 g/mol. The summed E-state index contributed by atoms with van der Waals surface area (Å²) in [5.74, 6) is 0.752. The minimum Gasteiger partial charge on any atom is -0.274 e. The van der Waals surface area contributed by atoms with Crippen molar-refractivity contribution >= 4 is 17.5 Å². The van der Waals surface area contributed by atoms with Gasteiger partial charge < -0.3 is 0 Å². The van der Waals surface area contributed by atoms with Gasteiger partial charge in [-0.15, -0.1) is 0 Å². The van der Waals surface area contributed by atoms with E-state index in [0.29, 0.717) is 11.8 Å². The Hall–Kier alpha value is -1.90. The number of benzene rings is 1. The fourth-order valence-electron chi connectivity index (χ4n) is 4.43. The third-order valence-electron chi connectivity index (χ3n) is 5.38. The third-order valence-corrected chi connectivity index (χ3v) is 5.38. The summed E-state index contributed by atoms with van der Waals surface area (Å²) in [6.07, 6.45) is 8.61. The molecule has 21 heavy (non-hydrogen) atoms. The van der Waals surface area contributed by atoms with Gasteiger partial charge in [-0.3, -0.25) is 14.5 Å². The van der Waals surface area contributed by atoms with Gasteiger partial charge in [0.1, 0.15) is 0 Å². The van der Waals surface area contributed by atoms with Gasteiger partial charge in [0, 0.05) is 0 Å². The van der Waals surface area contributed by atoms with E-state index in [4.69, 9.17) is 0 Å². The van der Waals surface area contributed by atoms with E-state index in [9.17, 15) is 9.59 Å². The molecule has 4 atom stereocenters. The van der Waals surface area contributed by atoms with Gasteiger partial charge in [0.05, 0.1) is 17.5 Å². The molecule has 0 aromatic heterocycles. The first-order chi connectivity index (χ1) is 10.3. The van der Waals surface area contributed by atoms with E-state index < -0.39 is 0 Å². The summed E-state index contributed by atoms with van der Waals surface area (Å²) >= 11 is 0. The summed E-state index contributed by atoms with van der Waals surface area (Å²) < 4.78 is 0. The van der Waals surface area contributed by atoms with E-state index >= 15 is 0 Å². The van der Waals surface area contributed by atoms with Crippen molar-refractivity contribution in [3.8, 4) is 0 Å². The molecule has 2 aliphatic carbocycles. The van der Waals surface area contributed by atoms with Crippen molar-refractivity contribution in [2.75, 3.05) is 4.90 Å². The van der Waals surface area contributed by atoms with Crippen LogP contribution in [-0.2, 0) is 9.59 Å². The van der Waals surface area contributed by atoms with E-state index in [0.717, 1.165) is 31.4 Å². The Morgan fingerprint density at radius 2 is 1.33 bits per heavy atom. The lowest BCUT2D eigenvalue weighted by atomic mass is 9.54. The number of carbonyl (C=O) groups excluding carboxylic acids is 2. The number of para-hydroxylation sites is 1. The molecule has 2 amide bonds. The molecule has 1 unspecified atom stereocenters. The van der Waals surface area contributed by atoms with Crippen LogP contribution >= 0.6 is 0 Å². The molecule has 2 fully saturated rings. The normalized spacial score (nSPS) is 36.3. The highest BCUT2D eigenvalue weighted by Crippen LogP contribution is 2.56. The van der Waals surface area contributed by atoms with Crippen molar-refractivity contribution in [1.82, 2.24) is 0 Å². The van der Waals surface area contributed by atoms with E-state index in [2.05, 4.69) is 12.2 Å². The topological polar surface area (TPSA) is 37.4 Å². The maximum Gasteiger partial charge on any atom is 0.237 e. The molecule has 4 rings (SSSR count). The van der Waals surface area contributed by atoms with Gasteiger partial charge in [0.15, 0.2) is 0 Å². The highest BCUT2D eigenvalue weighted by atomic mass is 16.2. The number of allylic oxidation sites excluding steroid dienone is 2. The molecule has 0 N–H and O–H groups in total. The van der Waals surface area contributed by atoms with Crippen molar-refractivity contribution in [3.05, 3.63) is 42.5 Å². The van der Waals surface area contributed by atoms with Crippen molar-refractivity contribution in [3.63, 3.8) is 0 Å². The first-order valence-electron chi connectivity index (χ1n) is 7.87. The van der Waals surface area contributed by atoms with Crippen LogP contribution in [-0.4, -0.2) is 11.8 Å². The van der Waals surface area contributed by atoms with Crippen LogP contribution < -0.4 is 4.90 Å². The Kier molecular flexibility index (Phi) is 2.95. The van der Waals surface area contributed by atoms with Crippen LogP contribution in [0, 0.1) is 23.7 Å². The molecular weight excluding hydrogens is 262 g/mol. The van der Waals surface area contributed by atoms with Crippen molar-refractivity contribution in [2.24, 2.45) is 23.7 Å².